The number of aromatic nitrogens is 1. The van der Waals surface area contributed by atoms with Crippen LogP contribution in [0.3, 0.4) is 0 Å². The summed E-state index contributed by atoms with van der Waals surface area (Å²) in [7, 11) is 1.94. The Kier molecular flexibility index (Phi) is 3.55. The molecule has 0 bridgehead atoms. The Morgan fingerprint density at radius 3 is 2.68 bits per heavy atom. The normalized spacial score (nSPS) is 10.5. The van der Waals surface area contributed by atoms with Gasteiger partial charge in [0, 0.05) is 30.1 Å². The highest BCUT2D eigenvalue weighted by Crippen LogP contribution is 2.22. The molecule has 0 saturated heterocycles. The molecule has 2 N–H and O–H groups in total. The molecule has 0 aliphatic heterocycles. The van der Waals surface area contributed by atoms with Gasteiger partial charge in [0.1, 0.15) is 11.5 Å². The number of ketones is 1. The van der Waals surface area contributed by atoms with Crippen molar-refractivity contribution in [1.29, 1.82) is 0 Å². The fraction of sp³-hybridized carbons (Fsp3) is 0.286. The minimum absolute atomic E-state index is 0.0289. The highest BCUT2D eigenvalue weighted by molar-refractivity contribution is 5.99. The van der Waals surface area contributed by atoms with Crippen LogP contribution < -0.4 is 10.6 Å². The van der Waals surface area contributed by atoms with Crippen LogP contribution in [-0.4, -0.2) is 18.0 Å². The number of Topliss-reactive ketones (excluding diaryl/α,β-unsaturated/α-hetero) is 1. The third-order valence-electron chi connectivity index (χ3n) is 2.93. The van der Waals surface area contributed by atoms with Crippen molar-refractivity contribution in [1.82, 2.24) is 5.16 Å². The number of aryl methyl sites for hydroxylation is 1. The zero-order valence-electron chi connectivity index (χ0n) is 11.3. The van der Waals surface area contributed by atoms with Crippen LogP contribution in [0.4, 0.5) is 11.4 Å². The average Bonchev–Trinajstić information content (AvgIpc) is 2.74. The Morgan fingerprint density at radius 1 is 1.42 bits per heavy atom. The van der Waals surface area contributed by atoms with Crippen LogP contribution in [0.15, 0.2) is 28.8 Å². The minimum atomic E-state index is -0.0289. The first-order chi connectivity index (χ1) is 8.97. The second-order valence-electron chi connectivity index (χ2n) is 4.61. The van der Waals surface area contributed by atoms with Crippen LogP contribution in [0.25, 0.3) is 0 Å². The predicted molar refractivity (Wildman–Crippen MR) is 74.2 cm³/mol. The summed E-state index contributed by atoms with van der Waals surface area (Å²) in [6.07, 6.45) is 0. The van der Waals surface area contributed by atoms with Crippen molar-refractivity contribution >= 4 is 17.2 Å². The Hall–Kier alpha value is -2.30. The molecule has 0 unspecified atom stereocenters. The standard InChI is InChI=1S/C14H17N3O2/c1-9-6-11(16-19-9)8-17(3)12-4-5-13(10(2)18)14(15)7-12/h4-7H,8,15H2,1-3H3. The average molecular weight is 259 g/mol. The van der Waals surface area contributed by atoms with Crippen LogP contribution in [0, 0.1) is 6.92 Å². The maximum absolute atomic E-state index is 11.3. The van der Waals surface area contributed by atoms with Crippen LogP contribution >= 0.6 is 0 Å². The van der Waals surface area contributed by atoms with Gasteiger partial charge in [0.15, 0.2) is 5.78 Å². The quantitative estimate of drug-likeness (QED) is 0.674. The molecule has 2 aromatic rings. The van der Waals surface area contributed by atoms with Crippen molar-refractivity contribution in [3.8, 4) is 0 Å². The van der Waals surface area contributed by atoms with Gasteiger partial charge < -0.3 is 15.2 Å². The molecule has 0 fully saturated rings. The maximum Gasteiger partial charge on any atom is 0.161 e. The molecule has 5 nitrogen and oxygen atoms in total. The molecule has 5 heteroatoms. The number of hydrogen-bond donors (Lipinski definition) is 1. The fourth-order valence-electron chi connectivity index (χ4n) is 1.93. The molecule has 0 aliphatic carbocycles. The summed E-state index contributed by atoms with van der Waals surface area (Å²) >= 11 is 0. The van der Waals surface area contributed by atoms with Crippen molar-refractivity contribution in [3.63, 3.8) is 0 Å². The molecule has 0 amide bonds. The van der Waals surface area contributed by atoms with Crippen LogP contribution in [0.1, 0.15) is 28.7 Å². The van der Waals surface area contributed by atoms with Crippen molar-refractivity contribution < 1.29 is 9.32 Å². The molecular weight excluding hydrogens is 242 g/mol. The summed E-state index contributed by atoms with van der Waals surface area (Å²) in [5.74, 6) is 0.758. The lowest BCUT2D eigenvalue weighted by Crippen LogP contribution is -2.17. The Labute approximate surface area is 112 Å². The molecule has 19 heavy (non-hydrogen) atoms. The van der Waals surface area contributed by atoms with E-state index < -0.39 is 0 Å². The zero-order valence-corrected chi connectivity index (χ0v) is 11.3. The number of nitrogens with zero attached hydrogens (tertiary/aromatic N) is 2. The number of carbonyl (C=O) groups is 1. The predicted octanol–water partition coefficient (Wildman–Crippen LogP) is 2.40. The monoisotopic (exact) mass is 259 g/mol. The molecule has 0 radical (unpaired) electrons. The van der Waals surface area contributed by atoms with E-state index in [1.165, 1.54) is 6.92 Å². The van der Waals surface area contributed by atoms with Gasteiger partial charge in [0.05, 0.1) is 6.54 Å². The second-order valence-corrected chi connectivity index (χ2v) is 4.61. The number of nitrogens with two attached hydrogens (primary N) is 1. The molecule has 100 valence electrons. The first-order valence-corrected chi connectivity index (χ1v) is 6.01. The van der Waals surface area contributed by atoms with E-state index in [1.54, 1.807) is 12.1 Å². The van der Waals surface area contributed by atoms with Gasteiger partial charge in [-0.05, 0) is 32.0 Å². The Bertz CT molecular complexity index is 604. The Balaban J connectivity index is 2.17. The molecule has 0 spiro atoms. The van der Waals surface area contributed by atoms with Gasteiger partial charge in [-0.15, -0.1) is 0 Å². The zero-order chi connectivity index (χ0) is 14.0. The number of anilines is 2. The van der Waals surface area contributed by atoms with Gasteiger partial charge >= 0.3 is 0 Å². The highest BCUT2D eigenvalue weighted by Gasteiger charge is 2.09. The van der Waals surface area contributed by atoms with E-state index >= 15 is 0 Å². The fourth-order valence-corrected chi connectivity index (χ4v) is 1.93. The summed E-state index contributed by atoms with van der Waals surface area (Å²) in [5, 5.41) is 3.95. The summed E-state index contributed by atoms with van der Waals surface area (Å²) in [5.41, 5.74) is 8.71. The molecule has 0 aliphatic rings. The second kappa shape index (κ2) is 5.14. The number of carbonyl (C=O) groups excluding carboxylic acids is 1. The third-order valence-corrected chi connectivity index (χ3v) is 2.93. The van der Waals surface area contributed by atoms with Gasteiger partial charge in [0.2, 0.25) is 0 Å². The number of hydrogen-bond acceptors (Lipinski definition) is 5. The van der Waals surface area contributed by atoms with Crippen molar-refractivity contribution in [2.45, 2.75) is 20.4 Å². The number of benzene rings is 1. The largest absolute Gasteiger partial charge is 0.398 e. The number of rotatable bonds is 4. The van der Waals surface area contributed by atoms with Gasteiger partial charge in [-0.25, -0.2) is 0 Å². The van der Waals surface area contributed by atoms with Gasteiger partial charge in [-0.1, -0.05) is 5.16 Å². The van der Waals surface area contributed by atoms with E-state index in [1.807, 2.05) is 31.0 Å². The van der Waals surface area contributed by atoms with E-state index in [4.69, 9.17) is 10.3 Å². The van der Waals surface area contributed by atoms with E-state index in [2.05, 4.69) is 5.16 Å². The molecule has 1 heterocycles. The lowest BCUT2D eigenvalue weighted by atomic mass is 10.1. The van der Waals surface area contributed by atoms with Gasteiger partial charge in [-0.2, -0.15) is 0 Å². The minimum Gasteiger partial charge on any atom is -0.398 e. The SMILES string of the molecule is CC(=O)c1ccc(N(C)Cc2cc(C)on2)cc1N. The van der Waals surface area contributed by atoms with E-state index in [9.17, 15) is 4.79 Å². The summed E-state index contributed by atoms with van der Waals surface area (Å²) < 4.78 is 5.03. The lowest BCUT2D eigenvalue weighted by Gasteiger charge is -2.18. The van der Waals surface area contributed by atoms with Gasteiger partial charge in [0.25, 0.3) is 0 Å². The molecular formula is C14H17N3O2. The molecule has 0 atom stereocenters. The molecule has 2 rings (SSSR count). The van der Waals surface area contributed by atoms with Crippen LogP contribution in [0.5, 0.6) is 0 Å². The van der Waals surface area contributed by atoms with Crippen LogP contribution in [-0.2, 0) is 6.54 Å². The van der Waals surface area contributed by atoms with E-state index in [-0.39, 0.29) is 5.78 Å². The van der Waals surface area contributed by atoms with Crippen LogP contribution in [0.2, 0.25) is 0 Å². The highest BCUT2D eigenvalue weighted by atomic mass is 16.5. The summed E-state index contributed by atoms with van der Waals surface area (Å²) in [4.78, 5) is 13.3. The lowest BCUT2D eigenvalue weighted by molar-refractivity contribution is 0.101. The van der Waals surface area contributed by atoms with E-state index in [0.29, 0.717) is 17.8 Å². The molecule has 0 saturated carbocycles. The molecule has 1 aromatic carbocycles. The first-order valence-electron chi connectivity index (χ1n) is 6.01. The topological polar surface area (TPSA) is 72.4 Å². The maximum atomic E-state index is 11.3. The first kappa shape index (κ1) is 13.1. The molecule has 1 aromatic heterocycles. The number of nitrogen functional groups attached to an aromatic ring is 1. The third kappa shape index (κ3) is 2.93. The van der Waals surface area contributed by atoms with Crippen molar-refractivity contribution in [2.75, 3.05) is 17.7 Å². The smallest absolute Gasteiger partial charge is 0.161 e. The Morgan fingerprint density at radius 2 is 2.16 bits per heavy atom. The van der Waals surface area contributed by atoms with Crippen molar-refractivity contribution in [2.24, 2.45) is 0 Å². The van der Waals surface area contributed by atoms with E-state index in [0.717, 1.165) is 17.1 Å². The summed E-state index contributed by atoms with van der Waals surface area (Å²) in [6.45, 7) is 3.99. The van der Waals surface area contributed by atoms with Crippen molar-refractivity contribution in [3.05, 3.63) is 41.3 Å². The van der Waals surface area contributed by atoms with Gasteiger partial charge in [-0.3, -0.25) is 4.79 Å². The summed E-state index contributed by atoms with van der Waals surface area (Å²) in [6, 6.07) is 7.31.